The fraction of sp³-hybridized carbons (Fsp3) is 0.625. The van der Waals surface area contributed by atoms with Crippen LogP contribution in [0.1, 0.15) is 36.5 Å². The molecule has 0 spiro atoms. The van der Waals surface area contributed by atoms with E-state index >= 15 is 0 Å². The first-order valence-corrected chi connectivity index (χ1v) is 7.14. The van der Waals surface area contributed by atoms with Gasteiger partial charge < -0.3 is 10.2 Å². The van der Waals surface area contributed by atoms with Crippen LogP contribution in [-0.2, 0) is 19.4 Å². The molecular formula is C16H26N2. The van der Waals surface area contributed by atoms with Gasteiger partial charge in [-0.3, -0.25) is 0 Å². The van der Waals surface area contributed by atoms with Gasteiger partial charge >= 0.3 is 0 Å². The Labute approximate surface area is 111 Å². The van der Waals surface area contributed by atoms with E-state index in [-0.39, 0.29) is 0 Å². The molecule has 1 aromatic carbocycles. The lowest BCUT2D eigenvalue weighted by Gasteiger charge is -2.17. The highest BCUT2D eigenvalue weighted by Crippen LogP contribution is 2.22. The van der Waals surface area contributed by atoms with Gasteiger partial charge in [0.25, 0.3) is 0 Å². The number of benzene rings is 1. The molecule has 0 saturated heterocycles. The molecule has 0 heterocycles. The van der Waals surface area contributed by atoms with E-state index in [2.05, 4.69) is 49.4 Å². The molecule has 1 unspecified atom stereocenters. The molecule has 0 aliphatic heterocycles. The van der Waals surface area contributed by atoms with Crippen molar-refractivity contribution in [3.63, 3.8) is 0 Å². The quantitative estimate of drug-likeness (QED) is 0.830. The highest BCUT2D eigenvalue weighted by Gasteiger charge is 2.11. The summed E-state index contributed by atoms with van der Waals surface area (Å²) in [4.78, 5) is 2.24. The molecule has 2 rings (SSSR count). The maximum Gasteiger partial charge on any atom is 0.0208 e. The minimum Gasteiger partial charge on any atom is -0.310 e. The highest BCUT2D eigenvalue weighted by molar-refractivity contribution is 5.35. The average molecular weight is 246 g/mol. The SMILES string of the molecule is CC(CCN(C)C)NCc1ccc2c(c1)CCC2. The van der Waals surface area contributed by atoms with Crippen LogP contribution in [0.2, 0.25) is 0 Å². The monoisotopic (exact) mass is 246 g/mol. The minimum absolute atomic E-state index is 0.584. The van der Waals surface area contributed by atoms with Crippen LogP contribution in [0.25, 0.3) is 0 Å². The second-order valence-corrected chi connectivity index (χ2v) is 5.83. The summed E-state index contributed by atoms with van der Waals surface area (Å²) in [7, 11) is 4.26. The number of nitrogens with zero attached hydrogens (tertiary/aromatic N) is 1. The average Bonchev–Trinajstić information content (AvgIpc) is 2.81. The van der Waals surface area contributed by atoms with Crippen LogP contribution >= 0.6 is 0 Å². The molecular weight excluding hydrogens is 220 g/mol. The summed E-state index contributed by atoms with van der Waals surface area (Å²) in [6, 6.07) is 7.59. The lowest BCUT2D eigenvalue weighted by Crippen LogP contribution is -2.29. The summed E-state index contributed by atoms with van der Waals surface area (Å²) in [6.07, 6.45) is 5.10. The summed E-state index contributed by atoms with van der Waals surface area (Å²) in [5.74, 6) is 0. The van der Waals surface area contributed by atoms with Crippen LogP contribution in [0.5, 0.6) is 0 Å². The molecule has 0 fully saturated rings. The Balaban J connectivity index is 1.79. The molecule has 1 aliphatic rings. The van der Waals surface area contributed by atoms with Gasteiger partial charge in [-0.2, -0.15) is 0 Å². The zero-order valence-corrected chi connectivity index (χ0v) is 12.0. The summed E-state index contributed by atoms with van der Waals surface area (Å²) in [5, 5.41) is 3.62. The van der Waals surface area contributed by atoms with E-state index in [1.807, 2.05) is 0 Å². The third kappa shape index (κ3) is 3.82. The van der Waals surface area contributed by atoms with Crippen LogP contribution in [0.3, 0.4) is 0 Å². The Morgan fingerprint density at radius 1 is 1.22 bits per heavy atom. The van der Waals surface area contributed by atoms with Gasteiger partial charge in [-0.1, -0.05) is 18.2 Å². The summed E-state index contributed by atoms with van der Waals surface area (Å²) in [6.45, 7) is 4.43. The second kappa shape index (κ2) is 6.35. The molecule has 0 amide bonds. The predicted octanol–water partition coefficient (Wildman–Crippen LogP) is 2.61. The molecule has 0 bridgehead atoms. The zero-order chi connectivity index (χ0) is 13.0. The number of aryl methyl sites for hydroxylation is 2. The van der Waals surface area contributed by atoms with Gasteiger partial charge in [0, 0.05) is 12.6 Å². The van der Waals surface area contributed by atoms with Crippen LogP contribution in [0, 0.1) is 0 Å². The molecule has 100 valence electrons. The number of hydrogen-bond donors (Lipinski definition) is 1. The molecule has 1 N–H and O–H groups in total. The van der Waals surface area contributed by atoms with Crippen LogP contribution in [-0.4, -0.2) is 31.6 Å². The number of nitrogens with one attached hydrogen (secondary N) is 1. The molecule has 1 atom stereocenters. The number of hydrogen-bond acceptors (Lipinski definition) is 2. The van der Waals surface area contributed by atoms with Crippen molar-refractivity contribution in [3.8, 4) is 0 Å². The molecule has 0 radical (unpaired) electrons. The Kier molecular flexibility index (Phi) is 4.79. The van der Waals surface area contributed by atoms with Gasteiger partial charge in [-0.05, 0) is 69.9 Å². The maximum atomic E-state index is 3.62. The smallest absolute Gasteiger partial charge is 0.0208 e. The summed E-state index contributed by atoms with van der Waals surface area (Å²) >= 11 is 0. The van der Waals surface area contributed by atoms with Crippen molar-refractivity contribution in [2.75, 3.05) is 20.6 Å². The normalized spacial score (nSPS) is 16.0. The summed E-state index contributed by atoms with van der Waals surface area (Å²) in [5.41, 5.74) is 4.59. The van der Waals surface area contributed by atoms with Crippen molar-refractivity contribution >= 4 is 0 Å². The molecule has 1 aromatic rings. The second-order valence-electron chi connectivity index (χ2n) is 5.83. The van der Waals surface area contributed by atoms with Crippen molar-refractivity contribution in [1.29, 1.82) is 0 Å². The molecule has 0 saturated carbocycles. The van der Waals surface area contributed by atoms with E-state index in [0.29, 0.717) is 6.04 Å². The minimum atomic E-state index is 0.584. The first-order chi connectivity index (χ1) is 8.65. The first kappa shape index (κ1) is 13.6. The van der Waals surface area contributed by atoms with Gasteiger partial charge in [-0.15, -0.1) is 0 Å². The Morgan fingerprint density at radius 3 is 2.78 bits per heavy atom. The van der Waals surface area contributed by atoms with Crippen LogP contribution < -0.4 is 5.32 Å². The van der Waals surface area contributed by atoms with Crippen molar-refractivity contribution in [2.24, 2.45) is 0 Å². The van der Waals surface area contributed by atoms with E-state index in [9.17, 15) is 0 Å². The predicted molar refractivity (Wildman–Crippen MR) is 77.9 cm³/mol. The van der Waals surface area contributed by atoms with Gasteiger partial charge in [-0.25, -0.2) is 0 Å². The number of fused-ring (bicyclic) bond motifs is 1. The fourth-order valence-corrected chi connectivity index (χ4v) is 2.58. The van der Waals surface area contributed by atoms with Crippen LogP contribution in [0.15, 0.2) is 18.2 Å². The topological polar surface area (TPSA) is 15.3 Å². The largest absolute Gasteiger partial charge is 0.310 e. The lowest BCUT2D eigenvalue weighted by atomic mass is 10.1. The van der Waals surface area contributed by atoms with E-state index in [0.717, 1.165) is 13.1 Å². The van der Waals surface area contributed by atoms with Crippen molar-refractivity contribution < 1.29 is 0 Å². The van der Waals surface area contributed by atoms with Gasteiger partial charge in [0.15, 0.2) is 0 Å². The third-order valence-corrected chi connectivity index (χ3v) is 3.83. The molecule has 2 nitrogen and oxygen atoms in total. The zero-order valence-electron chi connectivity index (χ0n) is 12.0. The van der Waals surface area contributed by atoms with Gasteiger partial charge in [0.2, 0.25) is 0 Å². The van der Waals surface area contributed by atoms with E-state index in [4.69, 9.17) is 0 Å². The van der Waals surface area contributed by atoms with E-state index in [1.165, 1.54) is 31.2 Å². The van der Waals surface area contributed by atoms with Gasteiger partial charge in [0.05, 0.1) is 0 Å². The fourth-order valence-electron chi connectivity index (χ4n) is 2.58. The van der Waals surface area contributed by atoms with E-state index < -0.39 is 0 Å². The Bertz CT molecular complexity index is 385. The Hall–Kier alpha value is -0.860. The third-order valence-electron chi connectivity index (χ3n) is 3.83. The molecule has 0 aromatic heterocycles. The summed E-state index contributed by atoms with van der Waals surface area (Å²) < 4.78 is 0. The molecule has 1 aliphatic carbocycles. The van der Waals surface area contributed by atoms with Crippen LogP contribution in [0.4, 0.5) is 0 Å². The van der Waals surface area contributed by atoms with Crippen molar-refractivity contribution in [1.82, 2.24) is 10.2 Å². The maximum absolute atomic E-state index is 3.62. The molecule has 2 heteroatoms. The van der Waals surface area contributed by atoms with Crippen molar-refractivity contribution in [2.45, 2.75) is 45.2 Å². The lowest BCUT2D eigenvalue weighted by molar-refractivity contribution is 0.365. The van der Waals surface area contributed by atoms with E-state index in [1.54, 1.807) is 11.1 Å². The Morgan fingerprint density at radius 2 is 2.00 bits per heavy atom. The number of rotatable bonds is 6. The first-order valence-electron chi connectivity index (χ1n) is 7.14. The van der Waals surface area contributed by atoms with Gasteiger partial charge in [0.1, 0.15) is 0 Å². The van der Waals surface area contributed by atoms with Crippen molar-refractivity contribution in [3.05, 3.63) is 34.9 Å². The molecule has 18 heavy (non-hydrogen) atoms. The highest BCUT2D eigenvalue weighted by atomic mass is 15.1. The standard InChI is InChI=1S/C16H26N2/c1-13(9-10-18(2)3)17-12-14-7-8-15-5-4-6-16(15)11-14/h7-8,11,13,17H,4-6,9-10,12H2,1-3H3.